The van der Waals surface area contributed by atoms with Crippen molar-refractivity contribution in [3.05, 3.63) is 36.4 Å². The van der Waals surface area contributed by atoms with Gasteiger partial charge >= 0.3 is 0 Å². The van der Waals surface area contributed by atoms with E-state index in [1.807, 2.05) is 36.4 Å². The second-order valence-electron chi connectivity index (χ2n) is 4.26. The standard InChI is InChI=1S/C13H14N6/c14-8-3-9-19-13(16-17-18-19)12-7-6-10-4-1-2-5-11(10)15-12/h1-2,4-7H,3,8-9,14H2. The lowest BCUT2D eigenvalue weighted by molar-refractivity contribution is 0.568. The molecule has 2 N–H and O–H groups in total. The molecular formula is C13H14N6. The van der Waals surface area contributed by atoms with Crippen molar-refractivity contribution in [2.45, 2.75) is 13.0 Å². The maximum Gasteiger partial charge on any atom is 0.200 e. The van der Waals surface area contributed by atoms with Crippen LogP contribution in [0, 0.1) is 0 Å². The molecule has 0 amide bonds. The molecule has 0 aliphatic carbocycles. The first-order valence-electron chi connectivity index (χ1n) is 6.21. The minimum atomic E-state index is 0.616. The summed E-state index contributed by atoms with van der Waals surface area (Å²) >= 11 is 0. The van der Waals surface area contributed by atoms with Gasteiger partial charge in [-0.25, -0.2) is 9.67 Å². The van der Waals surface area contributed by atoms with Crippen LogP contribution < -0.4 is 5.73 Å². The van der Waals surface area contributed by atoms with Crippen LogP contribution >= 0.6 is 0 Å². The van der Waals surface area contributed by atoms with Gasteiger partial charge in [0.05, 0.1) is 5.52 Å². The molecule has 0 spiro atoms. The quantitative estimate of drug-likeness (QED) is 0.757. The Morgan fingerprint density at radius 3 is 2.89 bits per heavy atom. The summed E-state index contributed by atoms with van der Waals surface area (Å²) in [4.78, 5) is 4.59. The van der Waals surface area contributed by atoms with Gasteiger partial charge < -0.3 is 5.73 Å². The summed E-state index contributed by atoms with van der Waals surface area (Å²) in [5, 5.41) is 12.8. The summed E-state index contributed by atoms with van der Waals surface area (Å²) in [6.07, 6.45) is 0.839. The lowest BCUT2D eigenvalue weighted by Gasteiger charge is -2.04. The molecule has 0 atom stereocenters. The number of tetrazole rings is 1. The summed E-state index contributed by atoms with van der Waals surface area (Å²) in [6.45, 7) is 1.32. The number of benzene rings is 1. The highest BCUT2D eigenvalue weighted by molar-refractivity contribution is 5.80. The van der Waals surface area contributed by atoms with E-state index in [4.69, 9.17) is 5.73 Å². The molecule has 6 nitrogen and oxygen atoms in total. The first-order chi connectivity index (χ1) is 9.38. The Hall–Kier alpha value is -2.34. The predicted octanol–water partition coefficient (Wildman–Crippen LogP) is 1.24. The van der Waals surface area contributed by atoms with Gasteiger partial charge in [0.15, 0.2) is 0 Å². The van der Waals surface area contributed by atoms with E-state index in [9.17, 15) is 0 Å². The number of nitrogens with two attached hydrogens (primary N) is 1. The van der Waals surface area contributed by atoms with Crippen LogP contribution in [0.2, 0.25) is 0 Å². The number of aromatic nitrogens is 5. The Balaban J connectivity index is 2.01. The Bertz CT molecular complexity index is 690. The average Bonchev–Trinajstić information content (AvgIpc) is 2.93. The number of aryl methyl sites for hydroxylation is 1. The Labute approximate surface area is 110 Å². The van der Waals surface area contributed by atoms with E-state index in [1.54, 1.807) is 4.68 Å². The van der Waals surface area contributed by atoms with Crippen molar-refractivity contribution < 1.29 is 0 Å². The molecule has 0 saturated carbocycles. The maximum absolute atomic E-state index is 5.51. The zero-order valence-electron chi connectivity index (χ0n) is 10.4. The van der Waals surface area contributed by atoms with Crippen LogP contribution in [0.4, 0.5) is 0 Å². The first kappa shape index (κ1) is 11.7. The third-order valence-corrected chi connectivity index (χ3v) is 2.93. The van der Waals surface area contributed by atoms with Gasteiger partial charge in [-0.1, -0.05) is 24.3 Å². The van der Waals surface area contributed by atoms with Crippen molar-refractivity contribution in [2.75, 3.05) is 6.54 Å². The molecular weight excluding hydrogens is 240 g/mol. The molecule has 3 aromatic rings. The first-order valence-corrected chi connectivity index (χ1v) is 6.21. The van der Waals surface area contributed by atoms with Gasteiger partial charge in [-0.05, 0) is 35.5 Å². The van der Waals surface area contributed by atoms with Gasteiger partial charge in [0, 0.05) is 11.9 Å². The highest BCUT2D eigenvalue weighted by atomic mass is 15.5. The van der Waals surface area contributed by atoms with Crippen molar-refractivity contribution in [1.82, 2.24) is 25.2 Å². The Morgan fingerprint density at radius 1 is 1.11 bits per heavy atom. The third-order valence-electron chi connectivity index (χ3n) is 2.93. The largest absolute Gasteiger partial charge is 0.330 e. The fraction of sp³-hybridized carbons (Fsp3) is 0.231. The van der Waals surface area contributed by atoms with Gasteiger partial charge in [-0.15, -0.1) is 5.10 Å². The maximum atomic E-state index is 5.51. The number of hydrogen-bond donors (Lipinski definition) is 1. The van der Waals surface area contributed by atoms with E-state index in [-0.39, 0.29) is 0 Å². The van der Waals surface area contributed by atoms with E-state index < -0.39 is 0 Å². The second-order valence-corrected chi connectivity index (χ2v) is 4.26. The highest BCUT2D eigenvalue weighted by Crippen LogP contribution is 2.18. The minimum absolute atomic E-state index is 0.616. The van der Waals surface area contributed by atoms with Crippen molar-refractivity contribution in [1.29, 1.82) is 0 Å². The van der Waals surface area contributed by atoms with E-state index in [0.29, 0.717) is 18.9 Å². The van der Waals surface area contributed by atoms with Crippen LogP contribution in [0.3, 0.4) is 0 Å². The molecule has 0 unspecified atom stereocenters. The Morgan fingerprint density at radius 2 is 2.00 bits per heavy atom. The van der Waals surface area contributed by atoms with Crippen LogP contribution in [0.1, 0.15) is 6.42 Å². The molecule has 0 radical (unpaired) electrons. The van der Waals surface area contributed by atoms with E-state index in [2.05, 4.69) is 20.5 Å². The minimum Gasteiger partial charge on any atom is -0.330 e. The monoisotopic (exact) mass is 254 g/mol. The molecule has 19 heavy (non-hydrogen) atoms. The fourth-order valence-corrected chi connectivity index (χ4v) is 1.97. The lowest BCUT2D eigenvalue weighted by atomic mass is 10.2. The van der Waals surface area contributed by atoms with E-state index >= 15 is 0 Å². The van der Waals surface area contributed by atoms with Crippen molar-refractivity contribution in [3.8, 4) is 11.5 Å². The number of rotatable bonds is 4. The van der Waals surface area contributed by atoms with Crippen LogP contribution in [0.15, 0.2) is 36.4 Å². The van der Waals surface area contributed by atoms with E-state index in [1.165, 1.54) is 0 Å². The second kappa shape index (κ2) is 5.11. The fourth-order valence-electron chi connectivity index (χ4n) is 1.97. The van der Waals surface area contributed by atoms with Gasteiger partial charge in [-0.3, -0.25) is 0 Å². The molecule has 0 bridgehead atoms. The summed E-state index contributed by atoms with van der Waals surface area (Å²) in [6, 6.07) is 11.9. The normalized spacial score (nSPS) is 11.0. The molecule has 1 aromatic carbocycles. The molecule has 96 valence electrons. The topological polar surface area (TPSA) is 82.5 Å². The van der Waals surface area contributed by atoms with Crippen LogP contribution in [0.5, 0.6) is 0 Å². The summed E-state index contributed by atoms with van der Waals surface area (Å²) in [7, 11) is 0. The van der Waals surface area contributed by atoms with Crippen LogP contribution in [-0.2, 0) is 6.54 Å². The zero-order chi connectivity index (χ0) is 13.1. The third kappa shape index (κ3) is 2.30. The summed E-state index contributed by atoms with van der Waals surface area (Å²) < 4.78 is 1.74. The summed E-state index contributed by atoms with van der Waals surface area (Å²) in [5.74, 6) is 0.680. The van der Waals surface area contributed by atoms with Crippen LogP contribution in [-0.4, -0.2) is 31.7 Å². The smallest absolute Gasteiger partial charge is 0.200 e. The number of nitrogens with zero attached hydrogens (tertiary/aromatic N) is 5. The molecule has 0 aliphatic heterocycles. The number of pyridine rings is 1. The van der Waals surface area contributed by atoms with Gasteiger partial charge in [0.1, 0.15) is 5.69 Å². The molecule has 3 rings (SSSR count). The summed E-state index contributed by atoms with van der Waals surface area (Å²) in [5.41, 5.74) is 7.23. The molecule has 2 heterocycles. The van der Waals surface area contributed by atoms with Crippen molar-refractivity contribution in [3.63, 3.8) is 0 Å². The molecule has 0 saturated heterocycles. The van der Waals surface area contributed by atoms with Crippen molar-refractivity contribution >= 4 is 10.9 Å². The van der Waals surface area contributed by atoms with E-state index in [0.717, 1.165) is 23.0 Å². The number of fused-ring (bicyclic) bond motifs is 1. The molecule has 2 aromatic heterocycles. The van der Waals surface area contributed by atoms with Crippen molar-refractivity contribution in [2.24, 2.45) is 5.73 Å². The predicted molar refractivity (Wildman–Crippen MR) is 72.2 cm³/mol. The van der Waals surface area contributed by atoms with Crippen LogP contribution in [0.25, 0.3) is 22.4 Å². The van der Waals surface area contributed by atoms with Gasteiger partial charge in [0.25, 0.3) is 0 Å². The van der Waals surface area contributed by atoms with Gasteiger partial charge in [0.2, 0.25) is 5.82 Å². The molecule has 0 aliphatic rings. The zero-order valence-corrected chi connectivity index (χ0v) is 10.4. The average molecular weight is 254 g/mol. The van der Waals surface area contributed by atoms with Gasteiger partial charge in [-0.2, -0.15) is 0 Å². The highest BCUT2D eigenvalue weighted by Gasteiger charge is 2.10. The Kier molecular flexibility index (Phi) is 3.16. The number of para-hydroxylation sites is 1. The molecule has 0 fully saturated rings. The number of hydrogen-bond acceptors (Lipinski definition) is 5. The lowest BCUT2D eigenvalue weighted by Crippen LogP contribution is -2.08. The molecule has 6 heteroatoms. The SMILES string of the molecule is NCCCn1nnnc1-c1ccc2ccccc2n1.